The van der Waals surface area contributed by atoms with Crippen molar-refractivity contribution in [1.29, 1.82) is 0 Å². The van der Waals surface area contributed by atoms with Crippen LogP contribution in [0.15, 0.2) is 18.2 Å². The molecule has 0 atom stereocenters. The number of rotatable bonds is 8. The summed E-state index contributed by atoms with van der Waals surface area (Å²) in [5, 5.41) is 13.3. The molecule has 1 N–H and O–H groups in total. The Kier molecular flexibility index (Phi) is 5.94. The second kappa shape index (κ2) is 7.23. The lowest BCUT2D eigenvalue weighted by Crippen LogP contribution is -2.06. The zero-order chi connectivity index (χ0) is 15.2. The molecule has 0 fully saturated rings. The lowest BCUT2D eigenvalue weighted by molar-refractivity contribution is -0.384. The summed E-state index contributed by atoms with van der Waals surface area (Å²) >= 11 is 0. The molecule has 8 nitrogen and oxygen atoms in total. The van der Waals surface area contributed by atoms with Crippen LogP contribution in [0, 0.1) is 10.1 Å². The lowest BCUT2D eigenvalue weighted by atomic mass is 10.2. The molecule has 0 aliphatic carbocycles. The van der Waals surface area contributed by atoms with Crippen LogP contribution < -0.4 is 9.82 Å². The third-order valence-electron chi connectivity index (χ3n) is 2.25. The molecule has 0 heterocycles. The van der Waals surface area contributed by atoms with Gasteiger partial charge in [0.25, 0.3) is 5.69 Å². The van der Waals surface area contributed by atoms with Crippen LogP contribution in [0.5, 0.6) is 5.75 Å². The molecule has 0 radical (unpaired) electrons. The van der Waals surface area contributed by atoms with Crippen molar-refractivity contribution in [2.45, 2.75) is 13.8 Å². The predicted octanol–water partition coefficient (Wildman–Crippen LogP) is 3.20. The molecule has 1 rings (SSSR count). The van der Waals surface area contributed by atoms with Crippen LogP contribution >= 0.6 is 7.75 Å². The van der Waals surface area contributed by atoms with Crippen LogP contribution in [-0.4, -0.2) is 25.2 Å². The zero-order valence-corrected chi connectivity index (χ0v) is 12.4. The van der Waals surface area contributed by atoms with E-state index in [9.17, 15) is 14.7 Å². The number of hydrogen-bond donors (Lipinski definition) is 1. The first-order chi connectivity index (χ1) is 9.45. The largest absolute Gasteiger partial charge is 0.495 e. The molecule has 20 heavy (non-hydrogen) atoms. The maximum Gasteiger partial charge on any atom is 0.432 e. The fourth-order valence-corrected chi connectivity index (χ4v) is 2.84. The van der Waals surface area contributed by atoms with Crippen molar-refractivity contribution >= 4 is 19.1 Å². The van der Waals surface area contributed by atoms with E-state index in [2.05, 4.69) is 5.09 Å². The third-order valence-corrected chi connectivity index (χ3v) is 3.96. The Bertz CT molecular complexity index is 512. The number of anilines is 1. The smallest absolute Gasteiger partial charge is 0.432 e. The minimum atomic E-state index is -3.58. The van der Waals surface area contributed by atoms with Crippen molar-refractivity contribution in [1.82, 2.24) is 0 Å². The van der Waals surface area contributed by atoms with Gasteiger partial charge in [-0.15, -0.1) is 0 Å². The number of nitro benzene ring substituents is 1. The highest BCUT2D eigenvalue weighted by atomic mass is 31.2. The molecule has 0 saturated heterocycles. The summed E-state index contributed by atoms with van der Waals surface area (Å²) in [4.78, 5) is 10.2. The summed E-state index contributed by atoms with van der Waals surface area (Å²) in [5.41, 5.74) is 0.0137. The Balaban J connectivity index is 3.12. The molecular weight excluding hydrogens is 287 g/mol. The van der Waals surface area contributed by atoms with Gasteiger partial charge in [-0.25, -0.2) is 4.57 Å². The highest BCUT2D eigenvalue weighted by Gasteiger charge is 2.26. The quantitative estimate of drug-likeness (QED) is 0.447. The number of hydrogen-bond acceptors (Lipinski definition) is 6. The number of benzene rings is 1. The van der Waals surface area contributed by atoms with E-state index >= 15 is 0 Å². The molecular formula is C11H17N2O6P. The van der Waals surface area contributed by atoms with Gasteiger partial charge in [-0.3, -0.25) is 24.2 Å². The van der Waals surface area contributed by atoms with Crippen LogP contribution in [-0.2, 0) is 13.6 Å². The Morgan fingerprint density at radius 2 is 1.90 bits per heavy atom. The highest BCUT2D eigenvalue weighted by molar-refractivity contribution is 7.55. The first kappa shape index (κ1) is 16.4. The topological polar surface area (TPSA) is 99.9 Å². The molecule has 0 aliphatic rings. The van der Waals surface area contributed by atoms with Gasteiger partial charge in [-0.2, -0.15) is 0 Å². The third kappa shape index (κ3) is 4.19. The number of ether oxygens (including phenoxy) is 1. The normalized spacial score (nSPS) is 11.2. The van der Waals surface area contributed by atoms with Crippen molar-refractivity contribution in [3.8, 4) is 5.75 Å². The van der Waals surface area contributed by atoms with Gasteiger partial charge >= 0.3 is 7.75 Å². The first-order valence-electron chi connectivity index (χ1n) is 5.95. The molecule has 1 aromatic carbocycles. The molecule has 9 heteroatoms. The van der Waals surface area contributed by atoms with Crippen molar-refractivity contribution < 1.29 is 23.3 Å². The van der Waals surface area contributed by atoms with Crippen LogP contribution in [0.2, 0.25) is 0 Å². The van der Waals surface area contributed by atoms with Crippen LogP contribution in [0.4, 0.5) is 11.4 Å². The van der Waals surface area contributed by atoms with E-state index in [4.69, 9.17) is 13.8 Å². The molecule has 0 unspecified atom stereocenters. The first-order valence-corrected chi connectivity index (χ1v) is 7.49. The van der Waals surface area contributed by atoms with Gasteiger partial charge in [-0.05, 0) is 19.9 Å². The lowest BCUT2D eigenvalue weighted by Gasteiger charge is -2.19. The summed E-state index contributed by atoms with van der Waals surface area (Å²) in [6, 6.07) is 3.91. The Morgan fingerprint density at radius 3 is 2.35 bits per heavy atom. The molecule has 0 aromatic heterocycles. The average Bonchev–Trinajstić information content (AvgIpc) is 2.38. The minimum absolute atomic E-state index is 0.159. The van der Waals surface area contributed by atoms with E-state index in [-0.39, 0.29) is 24.6 Å². The Hall–Kier alpha value is -1.63. The fourth-order valence-electron chi connectivity index (χ4n) is 1.49. The number of nitro groups is 1. The highest BCUT2D eigenvalue weighted by Crippen LogP contribution is 2.49. The molecule has 0 amide bonds. The second-order valence-electron chi connectivity index (χ2n) is 3.59. The summed E-state index contributed by atoms with van der Waals surface area (Å²) in [7, 11) is -2.18. The molecule has 0 spiro atoms. The SMILES string of the molecule is CCOP(=O)(Nc1cc([N+](=O)[O-])ccc1OC)OCC. The predicted molar refractivity (Wildman–Crippen MR) is 74.1 cm³/mol. The van der Waals surface area contributed by atoms with E-state index in [1.54, 1.807) is 13.8 Å². The standard InChI is InChI=1S/C11H17N2O6P/c1-4-18-20(16,19-5-2)12-10-8-9(13(14)15)6-7-11(10)17-3/h6-8H,4-5H2,1-3H3,(H,12,16). The van der Waals surface area contributed by atoms with Crippen LogP contribution in [0.1, 0.15) is 13.8 Å². The van der Waals surface area contributed by atoms with E-state index in [1.807, 2.05) is 0 Å². The van der Waals surface area contributed by atoms with E-state index in [1.165, 1.54) is 25.3 Å². The maximum atomic E-state index is 12.4. The molecule has 0 saturated carbocycles. The fraction of sp³-hybridized carbons (Fsp3) is 0.455. The molecule has 0 bridgehead atoms. The number of non-ortho nitro benzene ring substituents is 1. The number of nitrogens with zero attached hydrogens (tertiary/aromatic N) is 1. The summed E-state index contributed by atoms with van der Waals surface area (Å²) in [5.74, 6) is 0.301. The van der Waals surface area contributed by atoms with Gasteiger partial charge in [0.15, 0.2) is 0 Å². The summed E-state index contributed by atoms with van der Waals surface area (Å²) in [6.45, 7) is 3.67. The zero-order valence-electron chi connectivity index (χ0n) is 11.5. The summed E-state index contributed by atoms with van der Waals surface area (Å²) < 4.78 is 27.6. The van der Waals surface area contributed by atoms with Gasteiger partial charge < -0.3 is 4.74 Å². The van der Waals surface area contributed by atoms with E-state index < -0.39 is 12.7 Å². The van der Waals surface area contributed by atoms with Crippen molar-refractivity contribution in [3.63, 3.8) is 0 Å². The van der Waals surface area contributed by atoms with Gasteiger partial charge in [0.2, 0.25) is 0 Å². The number of methoxy groups -OCH3 is 1. The van der Waals surface area contributed by atoms with Gasteiger partial charge in [0.1, 0.15) is 5.75 Å². The molecule has 0 aliphatic heterocycles. The van der Waals surface area contributed by atoms with Crippen molar-refractivity contribution in [2.24, 2.45) is 0 Å². The maximum absolute atomic E-state index is 12.4. The van der Waals surface area contributed by atoms with Crippen LogP contribution in [0.25, 0.3) is 0 Å². The molecule has 112 valence electrons. The molecule has 1 aromatic rings. The van der Waals surface area contributed by atoms with Crippen LogP contribution in [0.3, 0.4) is 0 Å². The van der Waals surface area contributed by atoms with E-state index in [0.717, 1.165) is 0 Å². The van der Waals surface area contributed by atoms with Crippen molar-refractivity contribution in [3.05, 3.63) is 28.3 Å². The monoisotopic (exact) mass is 304 g/mol. The Labute approximate surface area is 116 Å². The Morgan fingerprint density at radius 1 is 1.30 bits per heavy atom. The average molecular weight is 304 g/mol. The van der Waals surface area contributed by atoms with Gasteiger partial charge in [0.05, 0.1) is 30.9 Å². The van der Waals surface area contributed by atoms with Gasteiger partial charge in [-0.1, -0.05) is 0 Å². The van der Waals surface area contributed by atoms with Crippen molar-refractivity contribution in [2.75, 3.05) is 25.4 Å². The number of nitrogens with one attached hydrogen (secondary N) is 1. The minimum Gasteiger partial charge on any atom is -0.495 e. The second-order valence-corrected chi connectivity index (χ2v) is 5.32. The van der Waals surface area contributed by atoms with Gasteiger partial charge in [0, 0.05) is 12.1 Å². The van der Waals surface area contributed by atoms with E-state index in [0.29, 0.717) is 5.75 Å². The summed E-state index contributed by atoms with van der Waals surface area (Å²) in [6.07, 6.45) is 0.